The lowest BCUT2D eigenvalue weighted by atomic mass is 10.1. The third-order valence-electron chi connectivity index (χ3n) is 5.23. The summed E-state index contributed by atoms with van der Waals surface area (Å²) in [6.07, 6.45) is 10.2. The van der Waals surface area contributed by atoms with Crippen molar-refractivity contribution >= 4 is 23.6 Å². The summed E-state index contributed by atoms with van der Waals surface area (Å²) in [4.78, 5) is 35.4. The Balaban J connectivity index is 1.50. The van der Waals surface area contributed by atoms with Crippen LogP contribution in [-0.2, 0) is 6.42 Å². The molecule has 1 aliphatic carbocycles. The zero-order valence-corrected chi connectivity index (χ0v) is 18.7. The van der Waals surface area contributed by atoms with Gasteiger partial charge in [0.05, 0.1) is 0 Å². The second kappa shape index (κ2) is 10.0. The largest absolute Gasteiger partial charge is 0.338 e. The number of carbonyl (C=O) groups is 1. The number of allylic oxidation sites excluding steroid dienone is 4. The summed E-state index contributed by atoms with van der Waals surface area (Å²) in [5.41, 5.74) is 1.50. The molecule has 0 spiro atoms. The number of likely N-dealkylation sites (N-methyl/N-ethyl adjacent to an activating group) is 1. The van der Waals surface area contributed by atoms with E-state index in [2.05, 4.69) is 48.2 Å². The fourth-order valence-corrected chi connectivity index (χ4v) is 4.13. The second-order valence-corrected chi connectivity index (χ2v) is 8.56. The predicted molar refractivity (Wildman–Crippen MR) is 121 cm³/mol. The first-order chi connectivity index (χ1) is 15.1. The minimum atomic E-state index is -0.131. The van der Waals surface area contributed by atoms with E-state index < -0.39 is 0 Å². The lowest BCUT2D eigenvalue weighted by Crippen LogP contribution is -2.45. The van der Waals surface area contributed by atoms with Crippen molar-refractivity contribution < 1.29 is 4.79 Å². The zero-order valence-electron chi connectivity index (χ0n) is 17.9. The molecule has 8 nitrogen and oxygen atoms in total. The van der Waals surface area contributed by atoms with Gasteiger partial charge in [-0.2, -0.15) is 9.97 Å². The van der Waals surface area contributed by atoms with Crippen LogP contribution in [0.2, 0.25) is 0 Å². The Morgan fingerprint density at radius 1 is 1.19 bits per heavy atom. The highest BCUT2D eigenvalue weighted by molar-refractivity contribution is 7.99. The Labute approximate surface area is 186 Å². The molecule has 0 radical (unpaired) electrons. The molecule has 1 N–H and O–H groups in total. The van der Waals surface area contributed by atoms with Gasteiger partial charge in [-0.1, -0.05) is 19.1 Å². The number of aryl methyl sites for hydroxylation is 1. The van der Waals surface area contributed by atoms with E-state index in [1.165, 1.54) is 11.8 Å². The lowest BCUT2D eigenvalue weighted by molar-refractivity contribution is 0.0964. The van der Waals surface area contributed by atoms with Gasteiger partial charge in [0.2, 0.25) is 5.95 Å². The van der Waals surface area contributed by atoms with Crippen LogP contribution < -0.4 is 10.2 Å². The summed E-state index contributed by atoms with van der Waals surface area (Å²) in [6, 6.07) is 3.50. The Morgan fingerprint density at radius 3 is 2.77 bits per heavy atom. The fraction of sp³-hybridized carbons (Fsp3) is 0.409. The molecule has 2 aromatic rings. The summed E-state index contributed by atoms with van der Waals surface area (Å²) < 4.78 is 0. The minimum Gasteiger partial charge on any atom is -0.338 e. The van der Waals surface area contributed by atoms with Crippen molar-refractivity contribution in [2.45, 2.75) is 36.4 Å². The third kappa shape index (κ3) is 5.68. The van der Waals surface area contributed by atoms with Gasteiger partial charge in [-0.25, -0.2) is 9.97 Å². The summed E-state index contributed by atoms with van der Waals surface area (Å²) >= 11 is 1.36. The Hall–Kier alpha value is -2.78. The van der Waals surface area contributed by atoms with E-state index in [1.54, 1.807) is 18.3 Å². The van der Waals surface area contributed by atoms with Crippen molar-refractivity contribution in [2.75, 3.05) is 38.1 Å². The molecule has 2 aromatic heterocycles. The molecule has 9 heteroatoms. The van der Waals surface area contributed by atoms with E-state index in [1.807, 2.05) is 19.1 Å². The van der Waals surface area contributed by atoms with Crippen LogP contribution in [0.4, 0.5) is 5.95 Å². The zero-order chi connectivity index (χ0) is 21.6. The Kier molecular flexibility index (Phi) is 6.93. The number of carbonyl (C=O) groups excluding carboxylic acids is 1. The molecule has 31 heavy (non-hydrogen) atoms. The fourth-order valence-electron chi connectivity index (χ4n) is 3.36. The maximum absolute atomic E-state index is 12.6. The number of anilines is 1. The molecule has 2 aliphatic rings. The van der Waals surface area contributed by atoms with Gasteiger partial charge >= 0.3 is 0 Å². The van der Waals surface area contributed by atoms with Gasteiger partial charge in [-0.3, -0.25) is 4.79 Å². The van der Waals surface area contributed by atoms with Gasteiger partial charge in [0.1, 0.15) is 10.9 Å². The van der Waals surface area contributed by atoms with Gasteiger partial charge in [0.15, 0.2) is 5.16 Å². The number of pyridine rings is 1. The van der Waals surface area contributed by atoms with E-state index in [0.29, 0.717) is 21.7 Å². The lowest BCUT2D eigenvalue weighted by Gasteiger charge is -2.32. The standard InChI is InChI=1S/C22H27N7OS/c1-3-18-25-21(29-13-11-28(2)12-14-29)27-22(26-18)31-19-15-16(9-10-23-19)20(30)24-17-7-5-4-6-8-17/h4-5,7,9-10,15H,3,6,8,11-14H2,1-2H3,(H,24,30). The molecular weight excluding hydrogens is 410 g/mol. The molecule has 0 bridgehead atoms. The molecule has 0 saturated carbocycles. The molecule has 0 atom stereocenters. The van der Waals surface area contributed by atoms with Crippen LogP contribution in [0.3, 0.4) is 0 Å². The Bertz CT molecular complexity index is 999. The molecule has 4 rings (SSSR count). The number of hydrogen-bond donors (Lipinski definition) is 1. The molecule has 1 amide bonds. The molecule has 1 fully saturated rings. The number of nitrogens with one attached hydrogen (secondary N) is 1. The summed E-state index contributed by atoms with van der Waals surface area (Å²) in [6.45, 7) is 5.80. The van der Waals surface area contributed by atoms with Crippen LogP contribution in [0.25, 0.3) is 0 Å². The average molecular weight is 438 g/mol. The van der Waals surface area contributed by atoms with Crippen LogP contribution in [0.15, 0.2) is 52.4 Å². The van der Waals surface area contributed by atoms with Gasteiger partial charge < -0.3 is 15.1 Å². The molecule has 0 aromatic carbocycles. The average Bonchev–Trinajstić information content (AvgIpc) is 2.80. The summed E-state index contributed by atoms with van der Waals surface area (Å²) in [5.74, 6) is 1.35. The van der Waals surface area contributed by atoms with Gasteiger partial charge in [-0.15, -0.1) is 0 Å². The van der Waals surface area contributed by atoms with Crippen molar-refractivity contribution in [3.63, 3.8) is 0 Å². The van der Waals surface area contributed by atoms with Gasteiger partial charge in [-0.05, 0) is 49.9 Å². The maximum Gasteiger partial charge on any atom is 0.255 e. The number of nitrogens with zero attached hydrogens (tertiary/aromatic N) is 6. The van der Waals surface area contributed by atoms with Crippen LogP contribution in [0, 0.1) is 0 Å². The van der Waals surface area contributed by atoms with Crippen LogP contribution >= 0.6 is 11.8 Å². The van der Waals surface area contributed by atoms with Crippen molar-refractivity contribution in [3.05, 3.63) is 53.6 Å². The second-order valence-electron chi connectivity index (χ2n) is 7.58. The SMILES string of the molecule is CCc1nc(Sc2cc(C(=O)NC3=CC=CCC3)ccn2)nc(N2CCN(C)CC2)n1. The number of aromatic nitrogens is 4. The number of rotatable bonds is 6. The molecule has 1 saturated heterocycles. The topological polar surface area (TPSA) is 87.1 Å². The quantitative estimate of drug-likeness (QED) is 0.738. The van der Waals surface area contributed by atoms with Gasteiger partial charge in [0.25, 0.3) is 5.91 Å². The molecule has 0 unspecified atom stereocenters. The van der Waals surface area contributed by atoms with E-state index in [4.69, 9.17) is 0 Å². The summed E-state index contributed by atoms with van der Waals surface area (Å²) in [5, 5.41) is 4.27. The number of amides is 1. The highest BCUT2D eigenvalue weighted by Crippen LogP contribution is 2.25. The van der Waals surface area contributed by atoms with Crippen LogP contribution in [-0.4, -0.2) is 64.0 Å². The Morgan fingerprint density at radius 2 is 2.03 bits per heavy atom. The normalized spacial score (nSPS) is 16.8. The van der Waals surface area contributed by atoms with Gasteiger partial charge in [0, 0.05) is 50.1 Å². The molecule has 3 heterocycles. The van der Waals surface area contributed by atoms with E-state index in [-0.39, 0.29) is 5.91 Å². The minimum absolute atomic E-state index is 0.131. The first kappa shape index (κ1) is 21.5. The number of hydrogen-bond acceptors (Lipinski definition) is 8. The van der Waals surface area contributed by atoms with E-state index in [0.717, 1.165) is 57.0 Å². The van der Waals surface area contributed by atoms with Crippen molar-refractivity contribution in [1.29, 1.82) is 0 Å². The van der Waals surface area contributed by atoms with Crippen molar-refractivity contribution in [2.24, 2.45) is 0 Å². The highest BCUT2D eigenvalue weighted by atomic mass is 32.2. The predicted octanol–water partition coefficient (Wildman–Crippen LogP) is 2.70. The van der Waals surface area contributed by atoms with Crippen molar-refractivity contribution in [1.82, 2.24) is 30.2 Å². The maximum atomic E-state index is 12.6. The molecular formula is C22H27N7OS. The van der Waals surface area contributed by atoms with E-state index >= 15 is 0 Å². The number of piperazine rings is 1. The molecule has 162 valence electrons. The van der Waals surface area contributed by atoms with E-state index in [9.17, 15) is 4.79 Å². The molecule has 1 aliphatic heterocycles. The van der Waals surface area contributed by atoms with Crippen molar-refractivity contribution in [3.8, 4) is 0 Å². The third-order valence-corrected chi connectivity index (χ3v) is 6.03. The summed E-state index contributed by atoms with van der Waals surface area (Å²) in [7, 11) is 2.12. The smallest absolute Gasteiger partial charge is 0.255 e. The highest BCUT2D eigenvalue weighted by Gasteiger charge is 2.19. The first-order valence-corrected chi connectivity index (χ1v) is 11.4. The van der Waals surface area contributed by atoms with Crippen LogP contribution in [0.5, 0.6) is 0 Å². The van der Waals surface area contributed by atoms with Crippen LogP contribution in [0.1, 0.15) is 35.9 Å². The monoisotopic (exact) mass is 437 g/mol. The first-order valence-electron chi connectivity index (χ1n) is 10.6.